The van der Waals surface area contributed by atoms with Crippen LogP contribution >= 0.6 is 0 Å². The molecule has 0 bridgehead atoms. The summed E-state index contributed by atoms with van der Waals surface area (Å²) in [4.78, 5) is 24.7. The highest BCUT2D eigenvalue weighted by Gasteiger charge is 2.30. The first kappa shape index (κ1) is 12.3. The maximum Gasteiger partial charge on any atom is 0.224 e. The van der Waals surface area contributed by atoms with E-state index in [2.05, 4.69) is 5.32 Å². The Kier molecular flexibility index (Phi) is 3.96. The van der Waals surface area contributed by atoms with Gasteiger partial charge in [0.15, 0.2) is 0 Å². The summed E-state index contributed by atoms with van der Waals surface area (Å²) in [5.41, 5.74) is 5.24. The molecule has 0 spiro atoms. The number of hydrogen-bond acceptors (Lipinski definition) is 4. The van der Waals surface area contributed by atoms with Crippen molar-refractivity contribution in [2.24, 2.45) is 11.7 Å². The van der Waals surface area contributed by atoms with Crippen LogP contribution in [0, 0.1) is 5.92 Å². The molecule has 2 fully saturated rings. The second kappa shape index (κ2) is 5.46. The normalized spacial score (nSPS) is 29.3. The van der Waals surface area contributed by atoms with E-state index in [0.29, 0.717) is 39.1 Å². The van der Waals surface area contributed by atoms with Gasteiger partial charge >= 0.3 is 0 Å². The van der Waals surface area contributed by atoms with E-state index in [1.165, 1.54) is 0 Å². The van der Waals surface area contributed by atoms with Crippen LogP contribution in [0.1, 0.15) is 12.8 Å². The fraction of sp³-hybridized carbons (Fsp3) is 0.818. The number of primary amides is 1. The molecule has 0 aromatic rings. The molecule has 2 unspecified atom stereocenters. The number of morpholine rings is 1. The number of carbonyl (C=O) groups is 2. The molecule has 0 saturated carbocycles. The molecule has 0 aromatic heterocycles. The van der Waals surface area contributed by atoms with Crippen molar-refractivity contribution in [3.05, 3.63) is 0 Å². The monoisotopic (exact) mass is 241 g/mol. The average Bonchev–Trinajstić information content (AvgIpc) is 2.79. The maximum atomic E-state index is 12.0. The molecule has 0 aliphatic carbocycles. The van der Waals surface area contributed by atoms with Gasteiger partial charge < -0.3 is 20.7 Å². The van der Waals surface area contributed by atoms with Crippen LogP contribution < -0.4 is 11.1 Å². The number of hydrogen-bond donors (Lipinski definition) is 2. The summed E-state index contributed by atoms with van der Waals surface area (Å²) < 4.78 is 5.30. The van der Waals surface area contributed by atoms with Crippen molar-refractivity contribution in [2.45, 2.75) is 18.9 Å². The molecule has 2 aliphatic rings. The van der Waals surface area contributed by atoms with Crippen LogP contribution in [0.2, 0.25) is 0 Å². The van der Waals surface area contributed by atoms with Gasteiger partial charge in [-0.2, -0.15) is 0 Å². The number of nitrogens with two attached hydrogens (primary N) is 1. The first-order valence-electron chi connectivity index (χ1n) is 6.05. The molecule has 0 aromatic carbocycles. The van der Waals surface area contributed by atoms with Gasteiger partial charge in [0.1, 0.15) is 0 Å². The van der Waals surface area contributed by atoms with Gasteiger partial charge in [-0.15, -0.1) is 0 Å². The number of nitrogens with one attached hydrogen (secondary N) is 1. The van der Waals surface area contributed by atoms with E-state index >= 15 is 0 Å². The van der Waals surface area contributed by atoms with Gasteiger partial charge in [-0.25, -0.2) is 0 Å². The minimum atomic E-state index is -0.306. The van der Waals surface area contributed by atoms with Crippen molar-refractivity contribution in [3.8, 4) is 0 Å². The predicted octanol–water partition coefficient (Wildman–Crippen LogP) is -1.30. The summed E-state index contributed by atoms with van der Waals surface area (Å²) in [6.45, 7) is 3.20. The predicted molar refractivity (Wildman–Crippen MR) is 61.1 cm³/mol. The molecule has 2 saturated heterocycles. The second-order valence-corrected chi connectivity index (χ2v) is 4.66. The van der Waals surface area contributed by atoms with Crippen molar-refractivity contribution >= 4 is 11.8 Å². The summed E-state index contributed by atoms with van der Waals surface area (Å²) in [6, 6.07) is 0.101. The minimum absolute atomic E-state index is 0.0803. The third kappa shape index (κ3) is 3.17. The largest absolute Gasteiger partial charge is 0.378 e. The first-order valence-corrected chi connectivity index (χ1v) is 6.05. The zero-order valence-corrected chi connectivity index (χ0v) is 9.85. The fourth-order valence-electron chi connectivity index (χ4n) is 2.31. The van der Waals surface area contributed by atoms with Crippen molar-refractivity contribution in [1.29, 1.82) is 0 Å². The van der Waals surface area contributed by atoms with Crippen molar-refractivity contribution in [1.82, 2.24) is 10.2 Å². The lowest BCUT2D eigenvalue weighted by molar-refractivity contribution is -0.131. The van der Waals surface area contributed by atoms with Gasteiger partial charge in [0, 0.05) is 32.1 Å². The Morgan fingerprint density at radius 2 is 2.29 bits per heavy atom. The van der Waals surface area contributed by atoms with Crippen LogP contribution in [0.4, 0.5) is 0 Å². The van der Waals surface area contributed by atoms with Crippen LogP contribution in [-0.4, -0.2) is 55.6 Å². The van der Waals surface area contributed by atoms with E-state index in [9.17, 15) is 9.59 Å². The van der Waals surface area contributed by atoms with E-state index in [1.54, 1.807) is 4.90 Å². The first-order chi connectivity index (χ1) is 8.16. The topological polar surface area (TPSA) is 84.7 Å². The number of amides is 2. The van der Waals surface area contributed by atoms with Gasteiger partial charge in [0.05, 0.1) is 19.1 Å². The zero-order chi connectivity index (χ0) is 12.3. The Bertz CT molecular complexity index is 302. The number of rotatable bonds is 3. The lowest BCUT2D eigenvalue weighted by Gasteiger charge is -2.25. The smallest absolute Gasteiger partial charge is 0.224 e. The SMILES string of the molecule is NC(=O)C1CCN(C(=O)CC2COCCN2)C1. The number of nitrogens with zero attached hydrogens (tertiary/aromatic N) is 1. The summed E-state index contributed by atoms with van der Waals surface area (Å²) in [6.07, 6.45) is 1.13. The van der Waals surface area contributed by atoms with Crippen LogP contribution in [0.15, 0.2) is 0 Å². The quantitative estimate of drug-likeness (QED) is 0.643. The van der Waals surface area contributed by atoms with Crippen LogP contribution in [0.25, 0.3) is 0 Å². The molecule has 2 amide bonds. The van der Waals surface area contributed by atoms with E-state index < -0.39 is 0 Å². The Morgan fingerprint density at radius 1 is 1.47 bits per heavy atom. The standard InChI is InChI=1S/C11H19N3O3/c12-11(16)8-1-3-14(6-8)10(15)5-9-7-17-4-2-13-9/h8-9,13H,1-7H2,(H2,12,16). The number of likely N-dealkylation sites (tertiary alicyclic amines) is 1. The molecule has 96 valence electrons. The van der Waals surface area contributed by atoms with Gasteiger partial charge in [-0.1, -0.05) is 0 Å². The lowest BCUT2D eigenvalue weighted by Crippen LogP contribution is -2.45. The van der Waals surface area contributed by atoms with Gasteiger partial charge in [-0.05, 0) is 6.42 Å². The Labute approximate surface area is 100 Å². The summed E-state index contributed by atoms with van der Waals surface area (Å²) >= 11 is 0. The number of carbonyl (C=O) groups excluding carboxylic acids is 2. The molecule has 17 heavy (non-hydrogen) atoms. The zero-order valence-electron chi connectivity index (χ0n) is 9.85. The van der Waals surface area contributed by atoms with Crippen LogP contribution in [0.3, 0.4) is 0 Å². The molecule has 6 nitrogen and oxygen atoms in total. The molecular weight excluding hydrogens is 222 g/mol. The minimum Gasteiger partial charge on any atom is -0.378 e. The summed E-state index contributed by atoms with van der Waals surface area (Å²) in [5.74, 6) is -0.398. The molecule has 3 N–H and O–H groups in total. The van der Waals surface area contributed by atoms with E-state index in [0.717, 1.165) is 6.54 Å². The fourth-order valence-corrected chi connectivity index (χ4v) is 2.31. The molecule has 6 heteroatoms. The molecular formula is C11H19N3O3. The average molecular weight is 241 g/mol. The highest BCUT2D eigenvalue weighted by Crippen LogP contribution is 2.17. The van der Waals surface area contributed by atoms with Crippen LogP contribution in [-0.2, 0) is 14.3 Å². The molecule has 2 aliphatic heterocycles. The Balaban J connectivity index is 1.78. The van der Waals surface area contributed by atoms with Crippen molar-refractivity contribution in [3.63, 3.8) is 0 Å². The molecule has 2 atom stereocenters. The maximum absolute atomic E-state index is 12.0. The lowest BCUT2D eigenvalue weighted by atomic mass is 10.1. The van der Waals surface area contributed by atoms with Gasteiger partial charge in [0.25, 0.3) is 0 Å². The second-order valence-electron chi connectivity index (χ2n) is 4.66. The van der Waals surface area contributed by atoms with Crippen LogP contribution in [0.5, 0.6) is 0 Å². The third-order valence-corrected chi connectivity index (χ3v) is 3.36. The molecule has 2 rings (SSSR count). The Hall–Kier alpha value is -1.14. The van der Waals surface area contributed by atoms with Gasteiger partial charge in [-0.3, -0.25) is 9.59 Å². The van der Waals surface area contributed by atoms with E-state index in [4.69, 9.17) is 10.5 Å². The van der Waals surface area contributed by atoms with E-state index in [1.807, 2.05) is 0 Å². The third-order valence-electron chi connectivity index (χ3n) is 3.36. The summed E-state index contributed by atoms with van der Waals surface area (Å²) in [5, 5.41) is 3.24. The number of ether oxygens (including phenoxy) is 1. The Morgan fingerprint density at radius 3 is 2.88 bits per heavy atom. The molecule has 2 heterocycles. The molecule has 0 radical (unpaired) electrons. The van der Waals surface area contributed by atoms with Gasteiger partial charge in [0.2, 0.25) is 11.8 Å². The highest BCUT2D eigenvalue weighted by molar-refractivity contribution is 5.81. The van der Waals surface area contributed by atoms with Crippen molar-refractivity contribution < 1.29 is 14.3 Å². The summed E-state index contributed by atoms with van der Waals surface area (Å²) in [7, 11) is 0. The highest BCUT2D eigenvalue weighted by atomic mass is 16.5. The van der Waals surface area contributed by atoms with Crippen molar-refractivity contribution in [2.75, 3.05) is 32.8 Å². The van der Waals surface area contributed by atoms with E-state index in [-0.39, 0.29) is 23.8 Å².